The highest BCUT2D eigenvalue weighted by atomic mass is 16.6. The van der Waals surface area contributed by atoms with Gasteiger partial charge >= 0.3 is 17.9 Å². The van der Waals surface area contributed by atoms with Gasteiger partial charge in [-0.25, -0.2) is 4.79 Å². The average molecular weight is 325 g/mol. The summed E-state index contributed by atoms with van der Waals surface area (Å²) in [5, 5.41) is 2.87. The molecule has 1 N–H and O–H groups in total. The van der Waals surface area contributed by atoms with Crippen LogP contribution < -0.4 is 5.32 Å². The van der Waals surface area contributed by atoms with E-state index in [-0.39, 0.29) is 12.1 Å². The second kappa shape index (κ2) is 8.74. The molecule has 7 nitrogen and oxygen atoms in total. The zero-order chi connectivity index (χ0) is 16.7. The molecule has 23 heavy (non-hydrogen) atoms. The molecule has 2 aliphatic rings. The summed E-state index contributed by atoms with van der Waals surface area (Å²) < 4.78 is 4.94. The molecule has 1 saturated carbocycles. The number of carbonyl (C=O) groups is 3. The number of amides is 3. The molecule has 0 spiro atoms. The maximum atomic E-state index is 12.2. The van der Waals surface area contributed by atoms with Crippen molar-refractivity contribution in [2.24, 2.45) is 0 Å². The van der Waals surface area contributed by atoms with E-state index in [1.54, 1.807) is 11.8 Å². The van der Waals surface area contributed by atoms with Crippen LogP contribution in [-0.4, -0.2) is 66.5 Å². The van der Waals surface area contributed by atoms with E-state index in [4.69, 9.17) is 4.74 Å². The third-order valence-electron chi connectivity index (χ3n) is 4.48. The number of piperazine rings is 1. The SMILES string of the molecule is CCOC(=O)N1CCN(C(=O)C(=O)NC2CCCCCC2)CC1. The fraction of sp³-hybridized carbons (Fsp3) is 0.812. The Morgan fingerprint density at radius 2 is 1.52 bits per heavy atom. The highest BCUT2D eigenvalue weighted by molar-refractivity contribution is 6.35. The van der Waals surface area contributed by atoms with Crippen LogP contribution in [0.2, 0.25) is 0 Å². The molecule has 7 heteroatoms. The molecular formula is C16H27N3O4. The molecule has 0 radical (unpaired) electrons. The fourth-order valence-electron chi connectivity index (χ4n) is 3.12. The topological polar surface area (TPSA) is 79.0 Å². The zero-order valence-corrected chi connectivity index (χ0v) is 13.9. The molecular weight excluding hydrogens is 298 g/mol. The van der Waals surface area contributed by atoms with Gasteiger partial charge in [-0.15, -0.1) is 0 Å². The molecule has 2 fully saturated rings. The van der Waals surface area contributed by atoms with Crippen LogP contribution >= 0.6 is 0 Å². The number of carbonyl (C=O) groups excluding carboxylic acids is 3. The quantitative estimate of drug-likeness (QED) is 0.610. The van der Waals surface area contributed by atoms with Crippen molar-refractivity contribution in [3.05, 3.63) is 0 Å². The number of nitrogens with zero attached hydrogens (tertiary/aromatic N) is 2. The molecule has 2 rings (SSSR count). The van der Waals surface area contributed by atoms with Crippen molar-refractivity contribution in [1.82, 2.24) is 15.1 Å². The van der Waals surface area contributed by atoms with Crippen LogP contribution in [0, 0.1) is 0 Å². The maximum Gasteiger partial charge on any atom is 0.409 e. The molecule has 1 heterocycles. The van der Waals surface area contributed by atoms with Crippen molar-refractivity contribution in [1.29, 1.82) is 0 Å². The van der Waals surface area contributed by atoms with E-state index in [1.807, 2.05) is 0 Å². The standard InChI is InChI=1S/C16H27N3O4/c1-2-23-16(22)19-11-9-18(10-12-19)15(21)14(20)17-13-7-5-3-4-6-8-13/h13H,2-12H2,1H3,(H,17,20). The first-order chi connectivity index (χ1) is 11.1. The highest BCUT2D eigenvalue weighted by Gasteiger charge is 2.29. The predicted molar refractivity (Wildman–Crippen MR) is 84.8 cm³/mol. The minimum Gasteiger partial charge on any atom is -0.450 e. The molecule has 0 atom stereocenters. The van der Waals surface area contributed by atoms with Gasteiger partial charge in [0.05, 0.1) is 6.61 Å². The van der Waals surface area contributed by atoms with Crippen LogP contribution in [0.3, 0.4) is 0 Å². The minimum atomic E-state index is -0.513. The summed E-state index contributed by atoms with van der Waals surface area (Å²) in [6, 6.07) is 0.120. The largest absolute Gasteiger partial charge is 0.450 e. The first-order valence-electron chi connectivity index (χ1n) is 8.63. The predicted octanol–water partition coefficient (Wildman–Crippen LogP) is 1.13. The molecule has 0 unspecified atom stereocenters. The maximum absolute atomic E-state index is 12.2. The van der Waals surface area contributed by atoms with Crippen LogP contribution in [0.1, 0.15) is 45.4 Å². The number of rotatable bonds is 2. The summed E-state index contributed by atoms with van der Waals surface area (Å²) in [6.07, 6.45) is 6.18. The first-order valence-corrected chi connectivity index (χ1v) is 8.63. The molecule has 0 aromatic carbocycles. The van der Waals surface area contributed by atoms with E-state index >= 15 is 0 Å². The normalized spacial score (nSPS) is 19.9. The van der Waals surface area contributed by atoms with Crippen molar-refractivity contribution >= 4 is 17.9 Å². The van der Waals surface area contributed by atoms with Gasteiger partial charge in [0.2, 0.25) is 0 Å². The van der Waals surface area contributed by atoms with Gasteiger partial charge in [0.25, 0.3) is 0 Å². The molecule has 1 aliphatic carbocycles. The third-order valence-corrected chi connectivity index (χ3v) is 4.48. The lowest BCUT2D eigenvalue weighted by Gasteiger charge is -2.33. The van der Waals surface area contributed by atoms with Crippen LogP contribution in [0.25, 0.3) is 0 Å². The van der Waals surface area contributed by atoms with E-state index in [0.29, 0.717) is 32.8 Å². The van der Waals surface area contributed by atoms with Crippen LogP contribution in [-0.2, 0) is 14.3 Å². The highest BCUT2D eigenvalue weighted by Crippen LogP contribution is 2.17. The minimum absolute atomic E-state index is 0.120. The summed E-state index contributed by atoms with van der Waals surface area (Å²) in [5.74, 6) is -1.00. The van der Waals surface area contributed by atoms with Gasteiger partial charge < -0.3 is 19.9 Å². The molecule has 3 amide bonds. The van der Waals surface area contributed by atoms with E-state index in [0.717, 1.165) is 25.7 Å². The summed E-state index contributed by atoms with van der Waals surface area (Å²) in [7, 11) is 0. The Kier molecular flexibility index (Phi) is 6.67. The molecule has 1 saturated heterocycles. The smallest absolute Gasteiger partial charge is 0.409 e. The Morgan fingerprint density at radius 1 is 0.957 bits per heavy atom. The second-order valence-corrected chi connectivity index (χ2v) is 6.14. The van der Waals surface area contributed by atoms with E-state index in [9.17, 15) is 14.4 Å². The summed E-state index contributed by atoms with van der Waals surface area (Å²) in [4.78, 5) is 39.1. The summed E-state index contributed by atoms with van der Waals surface area (Å²) >= 11 is 0. The zero-order valence-electron chi connectivity index (χ0n) is 13.9. The monoisotopic (exact) mass is 325 g/mol. The third kappa shape index (κ3) is 5.11. The van der Waals surface area contributed by atoms with Gasteiger partial charge in [-0.1, -0.05) is 25.7 Å². The Hall–Kier alpha value is -1.79. The Balaban J connectivity index is 1.77. The average Bonchev–Trinajstić information content (AvgIpc) is 2.83. The molecule has 130 valence electrons. The van der Waals surface area contributed by atoms with Crippen LogP contribution in [0.15, 0.2) is 0 Å². The molecule has 0 aromatic rings. The van der Waals surface area contributed by atoms with Crippen LogP contribution in [0.4, 0.5) is 4.79 Å². The second-order valence-electron chi connectivity index (χ2n) is 6.14. The number of nitrogens with one attached hydrogen (secondary N) is 1. The van der Waals surface area contributed by atoms with Crippen molar-refractivity contribution in [2.45, 2.75) is 51.5 Å². The van der Waals surface area contributed by atoms with Crippen molar-refractivity contribution < 1.29 is 19.1 Å². The molecule has 0 bridgehead atoms. The van der Waals surface area contributed by atoms with E-state index in [2.05, 4.69) is 5.32 Å². The lowest BCUT2D eigenvalue weighted by atomic mass is 10.1. The Bertz CT molecular complexity index is 425. The lowest BCUT2D eigenvalue weighted by Crippen LogP contribution is -2.54. The van der Waals surface area contributed by atoms with Gasteiger partial charge in [0.1, 0.15) is 0 Å². The van der Waals surface area contributed by atoms with Gasteiger partial charge in [-0.3, -0.25) is 9.59 Å². The van der Waals surface area contributed by atoms with E-state index in [1.165, 1.54) is 17.7 Å². The Labute approximate surface area is 137 Å². The van der Waals surface area contributed by atoms with Gasteiger partial charge in [-0.2, -0.15) is 0 Å². The van der Waals surface area contributed by atoms with Gasteiger partial charge in [-0.05, 0) is 19.8 Å². The molecule has 0 aromatic heterocycles. The first kappa shape index (κ1) is 17.6. The van der Waals surface area contributed by atoms with Gasteiger partial charge in [0, 0.05) is 32.2 Å². The number of hydrogen-bond acceptors (Lipinski definition) is 4. The lowest BCUT2D eigenvalue weighted by molar-refractivity contribution is -0.147. The fourth-order valence-corrected chi connectivity index (χ4v) is 3.12. The molecule has 1 aliphatic heterocycles. The number of ether oxygens (including phenoxy) is 1. The van der Waals surface area contributed by atoms with E-state index < -0.39 is 11.8 Å². The Morgan fingerprint density at radius 3 is 2.09 bits per heavy atom. The summed E-state index contributed by atoms with van der Waals surface area (Å²) in [5.41, 5.74) is 0. The van der Waals surface area contributed by atoms with Gasteiger partial charge in [0.15, 0.2) is 0 Å². The van der Waals surface area contributed by atoms with Crippen molar-refractivity contribution in [3.8, 4) is 0 Å². The summed E-state index contributed by atoms with van der Waals surface area (Å²) in [6.45, 7) is 3.64. The van der Waals surface area contributed by atoms with Crippen LogP contribution in [0.5, 0.6) is 0 Å². The van der Waals surface area contributed by atoms with Crippen molar-refractivity contribution in [2.75, 3.05) is 32.8 Å². The number of hydrogen-bond donors (Lipinski definition) is 1. The van der Waals surface area contributed by atoms with Crippen molar-refractivity contribution in [3.63, 3.8) is 0 Å².